The first-order valence-corrected chi connectivity index (χ1v) is 8.65. The van der Waals surface area contributed by atoms with Crippen molar-refractivity contribution in [2.24, 2.45) is 0 Å². The smallest absolute Gasteiger partial charge is 0.408 e. The fourth-order valence-electron chi connectivity index (χ4n) is 2.21. The number of carboxylic acids is 1. The summed E-state index contributed by atoms with van der Waals surface area (Å²) in [5.41, 5.74) is 1.63. The molecule has 0 radical (unpaired) electrons. The van der Waals surface area contributed by atoms with E-state index in [-0.39, 0.29) is 26.3 Å². The predicted molar refractivity (Wildman–Crippen MR) is 100 cm³/mol. The molecule has 0 spiro atoms. The van der Waals surface area contributed by atoms with Crippen LogP contribution in [0.25, 0.3) is 0 Å². The summed E-state index contributed by atoms with van der Waals surface area (Å²) in [6.45, 7) is -0.181. The fourth-order valence-corrected chi connectivity index (χ4v) is 2.21. The van der Waals surface area contributed by atoms with Crippen LogP contribution in [0.4, 0.5) is 4.79 Å². The lowest BCUT2D eigenvalue weighted by Crippen LogP contribution is -2.48. The van der Waals surface area contributed by atoms with E-state index in [9.17, 15) is 19.5 Å². The molecular weight excluding hydrogens is 364 g/mol. The third-order valence-electron chi connectivity index (χ3n) is 3.66. The van der Waals surface area contributed by atoms with Crippen molar-refractivity contribution in [1.29, 1.82) is 0 Å². The number of alkyl carbamates (subject to hydrolysis) is 1. The second kappa shape index (κ2) is 11.3. The zero-order chi connectivity index (χ0) is 20.2. The highest BCUT2D eigenvalue weighted by atomic mass is 16.5. The molecule has 0 aliphatic heterocycles. The number of aliphatic carboxylic acids is 1. The second-order valence-corrected chi connectivity index (χ2v) is 5.87. The lowest BCUT2D eigenvalue weighted by Gasteiger charge is -2.15. The minimum atomic E-state index is -1.25. The van der Waals surface area contributed by atoms with Crippen molar-refractivity contribution in [1.82, 2.24) is 10.6 Å². The summed E-state index contributed by atoms with van der Waals surface area (Å²) in [7, 11) is 0. The van der Waals surface area contributed by atoms with Gasteiger partial charge in [-0.2, -0.15) is 0 Å². The van der Waals surface area contributed by atoms with Gasteiger partial charge in [-0.1, -0.05) is 60.7 Å². The maximum Gasteiger partial charge on any atom is 0.408 e. The fraction of sp³-hybridized carbons (Fsp3) is 0.250. The van der Waals surface area contributed by atoms with Gasteiger partial charge in [0, 0.05) is 6.54 Å². The van der Waals surface area contributed by atoms with Crippen molar-refractivity contribution in [2.45, 2.75) is 19.3 Å². The third kappa shape index (κ3) is 7.88. The molecule has 28 heavy (non-hydrogen) atoms. The highest BCUT2D eigenvalue weighted by Crippen LogP contribution is 2.01. The summed E-state index contributed by atoms with van der Waals surface area (Å²) in [4.78, 5) is 34.7. The summed E-state index contributed by atoms with van der Waals surface area (Å²) < 4.78 is 10.1. The van der Waals surface area contributed by atoms with Crippen LogP contribution in [0.1, 0.15) is 11.1 Å². The quantitative estimate of drug-likeness (QED) is 0.533. The molecule has 0 saturated carbocycles. The van der Waals surface area contributed by atoms with E-state index in [0.29, 0.717) is 0 Å². The van der Waals surface area contributed by atoms with E-state index in [2.05, 4.69) is 10.6 Å². The van der Waals surface area contributed by atoms with E-state index >= 15 is 0 Å². The van der Waals surface area contributed by atoms with E-state index in [1.807, 2.05) is 36.4 Å². The highest BCUT2D eigenvalue weighted by Gasteiger charge is 2.20. The molecule has 0 aliphatic carbocycles. The zero-order valence-electron chi connectivity index (χ0n) is 15.2. The van der Waals surface area contributed by atoms with Gasteiger partial charge in [0.15, 0.2) is 0 Å². The lowest BCUT2D eigenvalue weighted by atomic mass is 10.2. The van der Waals surface area contributed by atoms with Gasteiger partial charge in [0.2, 0.25) is 0 Å². The van der Waals surface area contributed by atoms with Crippen LogP contribution < -0.4 is 10.6 Å². The van der Waals surface area contributed by atoms with E-state index in [1.165, 1.54) is 0 Å². The highest BCUT2D eigenvalue weighted by molar-refractivity contribution is 5.80. The minimum absolute atomic E-state index is 0.0260. The number of carbonyl (C=O) groups is 3. The van der Waals surface area contributed by atoms with E-state index in [4.69, 9.17) is 9.47 Å². The van der Waals surface area contributed by atoms with Gasteiger partial charge in [-0.15, -0.1) is 0 Å². The molecule has 0 aliphatic rings. The lowest BCUT2D eigenvalue weighted by molar-refractivity contribution is -0.144. The van der Waals surface area contributed by atoms with Crippen LogP contribution in [0, 0.1) is 0 Å². The molecule has 2 rings (SSSR count). The van der Waals surface area contributed by atoms with E-state index < -0.39 is 24.1 Å². The Bertz CT molecular complexity index is 767. The molecule has 3 N–H and O–H groups in total. The predicted octanol–water partition coefficient (Wildman–Crippen LogP) is 1.70. The number of nitrogens with one attached hydrogen (secondary N) is 2. The number of amides is 1. The Labute approximate surface area is 162 Å². The molecule has 8 nitrogen and oxygen atoms in total. The van der Waals surface area contributed by atoms with Gasteiger partial charge < -0.3 is 25.2 Å². The number of carboxylic acid groups (broad SMARTS) is 1. The number of benzene rings is 2. The van der Waals surface area contributed by atoms with Gasteiger partial charge in [0.1, 0.15) is 19.3 Å². The van der Waals surface area contributed by atoms with Crippen molar-refractivity contribution in [3.63, 3.8) is 0 Å². The number of hydrogen-bond donors (Lipinski definition) is 3. The average molecular weight is 386 g/mol. The molecule has 0 heterocycles. The van der Waals surface area contributed by atoms with Gasteiger partial charge in [0.05, 0.1) is 6.54 Å². The molecule has 0 saturated heterocycles. The summed E-state index contributed by atoms with van der Waals surface area (Å²) in [6.07, 6.45) is -0.857. The maximum atomic E-state index is 11.8. The van der Waals surface area contributed by atoms with Crippen LogP contribution >= 0.6 is 0 Å². The molecule has 0 fully saturated rings. The average Bonchev–Trinajstić information content (AvgIpc) is 2.71. The first kappa shape index (κ1) is 20.9. The topological polar surface area (TPSA) is 114 Å². The van der Waals surface area contributed by atoms with Crippen molar-refractivity contribution < 1.29 is 29.0 Å². The number of esters is 1. The van der Waals surface area contributed by atoms with Crippen molar-refractivity contribution in [3.8, 4) is 0 Å². The van der Waals surface area contributed by atoms with Gasteiger partial charge >= 0.3 is 18.0 Å². The van der Waals surface area contributed by atoms with Gasteiger partial charge in [-0.25, -0.2) is 9.59 Å². The number of rotatable bonds is 10. The number of hydrogen-bond acceptors (Lipinski definition) is 6. The zero-order valence-corrected chi connectivity index (χ0v) is 15.2. The standard InChI is InChI=1S/C20H22N2O6/c23-18(27-13-15-7-3-1-4-8-15)12-21-11-17(19(24)25)22-20(26)28-14-16-9-5-2-6-10-16/h1-10,17,21H,11-14H2,(H,22,26)(H,24,25). The van der Waals surface area contributed by atoms with Crippen LogP contribution in [0.3, 0.4) is 0 Å². The molecule has 1 unspecified atom stereocenters. The summed E-state index contributed by atoms with van der Waals surface area (Å²) in [5, 5.41) is 14.1. The van der Waals surface area contributed by atoms with Crippen molar-refractivity contribution >= 4 is 18.0 Å². The minimum Gasteiger partial charge on any atom is -0.480 e. The molecule has 2 aromatic carbocycles. The van der Waals surface area contributed by atoms with Gasteiger partial charge in [-0.3, -0.25) is 4.79 Å². The van der Waals surface area contributed by atoms with Crippen LogP contribution in [0.2, 0.25) is 0 Å². The Hall–Kier alpha value is -3.39. The summed E-state index contributed by atoms with van der Waals surface area (Å²) in [6, 6.07) is 16.9. The van der Waals surface area contributed by atoms with E-state index in [1.54, 1.807) is 24.3 Å². The van der Waals surface area contributed by atoms with E-state index in [0.717, 1.165) is 11.1 Å². The number of carbonyl (C=O) groups excluding carboxylic acids is 2. The van der Waals surface area contributed by atoms with Crippen molar-refractivity contribution in [3.05, 3.63) is 71.8 Å². The Morgan fingerprint density at radius 1 is 0.857 bits per heavy atom. The molecular formula is C20H22N2O6. The monoisotopic (exact) mass is 386 g/mol. The molecule has 1 atom stereocenters. The largest absolute Gasteiger partial charge is 0.480 e. The molecule has 2 aromatic rings. The van der Waals surface area contributed by atoms with Gasteiger partial charge in [-0.05, 0) is 11.1 Å². The first-order valence-electron chi connectivity index (χ1n) is 8.65. The van der Waals surface area contributed by atoms with Gasteiger partial charge in [0.25, 0.3) is 0 Å². The molecule has 0 bridgehead atoms. The molecule has 0 aromatic heterocycles. The molecule has 8 heteroatoms. The van der Waals surface area contributed by atoms with Crippen LogP contribution in [-0.2, 0) is 32.3 Å². The maximum absolute atomic E-state index is 11.8. The van der Waals surface area contributed by atoms with Crippen molar-refractivity contribution in [2.75, 3.05) is 13.1 Å². The van der Waals surface area contributed by atoms with Crippen LogP contribution in [0.15, 0.2) is 60.7 Å². The van der Waals surface area contributed by atoms with Crippen LogP contribution in [0.5, 0.6) is 0 Å². The SMILES string of the molecule is O=C(CNCC(NC(=O)OCc1ccccc1)C(=O)O)OCc1ccccc1. The molecule has 148 valence electrons. The molecule has 1 amide bonds. The Morgan fingerprint density at radius 3 is 1.93 bits per heavy atom. The summed E-state index contributed by atoms with van der Waals surface area (Å²) >= 11 is 0. The Morgan fingerprint density at radius 2 is 1.39 bits per heavy atom. The van der Waals surface area contributed by atoms with Crippen LogP contribution in [-0.4, -0.2) is 42.3 Å². The third-order valence-corrected chi connectivity index (χ3v) is 3.66. The first-order chi connectivity index (χ1) is 13.5. The number of ether oxygens (including phenoxy) is 2. The second-order valence-electron chi connectivity index (χ2n) is 5.87. The Kier molecular flexibility index (Phi) is 8.48. The Balaban J connectivity index is 1.68. The normalized spacial score (nSPS) is 11.3. The summed E-state index contributed by atoms with van der Waals surface area (Å²) in [5.74, 6) is -1.78.